The van der Waals surface area contributed by atoms with Crippen LogP contribution in [-0.4, -0.2) is 44.4 Å². The largest absolute Gasteiger partial charge is 0.493 e. The Balaban J connectivity index is 1.67. The molecule has 0 bridgehead atoms. The van der Waals surface area contributed by atoms with Crippen molar-refractivity contribution in [2.45, 2.75) is 12.5 Å². The van der Waals surface area contributed by atoms with Crippen LogP contribution in [0.4, 0.5) is 0 Å². The van der Waals surface area contributed by atoms with Crippen LogP contribution in [0.3, 0.4) is 0 Å². The standard InChI is InChI=1S/C19H22N2O4/c1-23-17-4-3-14(10-18(17)24-2)19(22)21-16-12-25-11-15(16)9-13-5-7-20-8-6-13/h3-8,10,15-16H,9,11-12H2,1-2H3,(H,21,22)/t15-,16-/m1/s1. The molecule has 1 saturated heterocycles. The Bertz CT molecular complexity index is 721. The Morgan fingerprint density at radius 2 is 1.92 bits per heavy atom. The summed E-state index contributed by atoms with van der Waals surface area (Å²) in [5.41, 5.74) is 1.73. The molecule has 1 aliphatic heterocycles. The van der Waals surface area contributed by atoms with Gasteiger partial charge in [-0.1, -0.05) is 0 Å². The van der Waals surface area contributed by atoms with E-state index in [9.17, 15) is 4.79 Å². The molecule has 2 heterocycles. The van der Waals surface area contributed by atoms with Crippen molar-refractivity contribution in [3.63, 3.8) is 0 Å². The van der Waals surface area contributed by atoms with Crippen molar-refractivity contribution in [2.24, 2.45) is 5.92 Å². The van der Waals surface area contributed by atoms with Gasteiger partial charge in [0.2, 0.25) is 0 Å². The van der Waals surface area contributed by atoms with Gasteiger partial charge in [0.1, 0.15) is 0 Å². The van der Waals surface area contributed by atoms with Crippen molar-refractivity contribution in [3.8, 4) is 11.5 Å². The van der Waals surface area contributed by atoms with Crippen molar-refractivity contribution >= 4 is 5.91 Å². The molecule has 1 aromatic heterocycles. The third kappa shape index (κ3) is 4.09. The van der Waals surface area contributed by atoms with E-state index >= 15 is 0 Å². The number of pyridine rings is 1. The van der Waals surface area contributed by atoms with E-state index in [-0.39, 0.29) is 17.9 Å². The van der Waals surface area contributed by atoms with Gasteiger partial charge < -0.3 is 19.5 Å². The lowest BCUT2D eigenvalue weighted by atomic mass is 9.95. The summed E-state index contributed by atoms with van der Waals surface area (Å²) in [4.78, 5) is 16.6. The fourth-order valence-electron chi connectivity index (χ4n) is 3.01. The molecule has 2 aromatic rings. The molecule has 1 amide bonds. The molecule has 6 nitrogen and oxygen atoms in total. The molecule has 0 spiro atoms. The van der Waals surface area contributed by atoms with Crippen molar-refractivity contribution in [1.82, 2.24) is 10.3 Å². The van der Waals surface area contributed by atoms with Crippen molar-refractivity contribution in [3.05, 3.63) is 53.9 Å². The first kappa shape index (κ1) is 17.2. The van der Waals surface area contributed by atoms with Crippen molar-refractivity contribution in [2.75, 3.05) is 27.4 Å². The topological polar surface area (TPSA) is 69.7 Å². The maximum atomic E-state index is 12.6. The number of hydrogen-bond donors (Lipinski definition) is 1. The molecule has 1 N–H and O–H groups in total. The van der Waals surface area contributed by atoms with Gasteiger partial charge in [-0.15, -0.1) is 0 Å². The molecule has 2 atom stereocenters. The number of hydrogen-bond acceptors (Lipinski definition) is 5. The maximum absolute atomic E-state index is 12.6. The minimum atomic E-state index is -0.142. The minimum absolute atomic E-state index is 0.0197. The van der Waals surface area contributed by atoms with Gasteiger partial charge in [-0.05, 0) is 42.3 Å². The number of methoxy groups -OCH3 is 2. The highest BCUT2D eigenvalue weighted by Gasteiger charge is 2.30. The zero-order chi connectivity index (χ0) is 17.6. The van der Waals surface area contributed by atoms with Crippen LogP contribution in [-0.2, 0) is 11.2 Å². The molecule has 0 aliphatic carbocycles. The minimum Gasteiger partial charge on any atom is -0.493 e. The third-order valence-electron chi connectivity index (χ3n) is 4.41. The molecule has 1 aliphatic rings. The van der Waals surface area contributed by atoms with Gasteiger partial charge in [0.05, 0.1) is 33.5 Å². The lowest BCUT2D eigenvalue weighted by Gasteiger charge is -2.19. The van der Waals surface area contributed by atoms with Crippen LogP contribution in [0.1, 0.15) is 15.9 Å². The summed E-state index contributed by atoms with van der Waals surface area (Å²) in [6.45, 7) is 1.16. The molecular formula is C19H22N2O4. The van der Waals surface area contributed by atoms with Gasteiger partial charge >= 0.3 is 0 Å². The number of nitrogens with zero attached hydrogens (tertiary/aromatic N) is 1. The second kappa shape index (κ2) is 7.98. The normalized spacial score (nSPS) is 19.4. The first-order valence-corrected chi connectivity index (χ1v) is 8.20. The van der Waals surface area contributed by atoms with Crippen molar-refractivity contribution < 1.29 is 19.0 Å². The first-order valence-electron chi connectivity index (χ1n) is 8.20. The van der Waals surface area contributed by atoms with Crippen molar-refractivity contribution in [1.29, 1.82) is 0 Å². The van der Waals surface area contributed by atoms with Gasteiger partial charge in [-0.25, -0.2) is 0 Å². The quantitative estimate of drug-likeness (QED) is 0.870. The van der Waals surface area contributed by atoms with Gasteiger partial charge in [0.25, 0.3) is 5.91 Å². The third-order valence-corrected chi connectivity index (χ3v) is 4.41. The Morgan fingerprint density at radius 1 is 1.16 bits per heavy atom. The molecular weight excluding hydrogens is 320 g/mol. The van der Waals surface area contributed by atoms with E-state index in [1.165, 1.54) is 5.56 Å². The van der Waals surface area contributed by atoms with E-state index in [1.54, 1.807) is 44.8 Å². The molecule has 0 saturated carbocycles. The molecule has 6 heteroatoms. The number of amides is 1. The van der Waals surface area contributed by atoms with Crippen LogP contribution in [0, 0.1) is 5.92 Å². The summed E-state index contributed by atoms with van der Waals surface area (Å²) in [5.74, 6) is 1.23. The highest BCUT2D eigenvalue weighted by atomic mass is 16.5. The Morgan fingerprint density at radius 3 is 2.64 bits per heavy atom. The van der Waals surface area contributed by atoms with Gasteiger partial charge in [-0.2, -0.15) is 0 Å². The number of carbonyl (C=O) groups is 1. The molecule has 1 aromatic carbocycles. The Labute approximate surface area is 147 Å². The van der Waals surface area contributed by atoms with Crippen LogP contribution < -0.4 is 14.8 Å². The van der Waals surface area contributed by atoms with Crippen LogP contribution in [0.2, 0.25) is 0 Å². The zero-order valence-electron chi connectivity index (χ0n) is 14.4. The number of ether oxygens (including phenoxy) is 3. The smallest absolute Gasteiger partial charge is 0.251 e. The predicted molar refractivity (Wildman–Crippen MR) is 93.1 cm³/mol. The first-order chi connectivity index (χ1) is 12.2. The lowest BCUT2D eigenvalue weighted by molar-refractivity contribution is 0.0924. The number of aromatic nitrogens is 1. The molecule has 0 unspecified atom stereocenters. The van der Waals surface area contributed by atoms with Crippen LogP contribution in [0.15, 0.2) is 42.7 Å². The summed E-state index contributed by atoms with van der Waals surface area (Å²) in [5, 5.41) is 3.08. The summed E-state index contributed by atoms with van der Waals surface area (Å²) in [6.07, 6.45) is 4.41. The molecule has 0 radical (unpaired) electrons. The number of carbonyl (C=O) groups excluding carboxylic acids is 1. The molecule has 25 heavy (non-hydrogen) atoms. The van der Waals surface area contributed by atoms with E-state index in [1.807, 2.05) is 12.1 Å². The van der Waals surface area contributed by atoms with Gasteiger partial charge in [-0.3, -0.25) is 9.78 Å². The number of rotatable bonds is 6. The van der Waals surface area contributed by atoms with E-state index in [4.69, 9.17) is 14.2 Å². The van der Waals surface area contributed by atoms with E-state index in [0.29, 0.717) is 30.3 Å². The highest BCUT2D eigenvalue weighted by molar-refractivity contribution is 5.95. The van der Waals surface area contributed by atoms with Gasteiger partial charge in [0, 0.05) is 23.9 Å². The lowest BCUT2D eigenvalue weighted by Crippen LogP contribution is -2.40. The number of nitrogens with one attached hydrogen (secondary N) is 1. The maximum Gasteiger partial charge on any atom is 0.251 e. The van der Waals surface area contributed by atoms with Crippen LogP contribution >= 0.6 is 0 Å². The summed E-state index contributed by atoms with van der Waals surface area (Å²) >= 11 is 0. The van der Waals surface area contributed by atoms with E-state index < -0.39 is 0 Å². The van der Waals surface area contributed by atoms with Crippen LogP contribution in [0.5, 0.6) is 11.5 Å². The number of benzene rings is 1. The Kier molecular flexibility index (Phi) is 5.50. The average molecular weight is 342 g/mol. The summed E-state index contributed by atoms with van der Waals surface area (Å²) in [7, 11) is 3.12. The van der Waals surface area contributed by atoms with Gasteiger partial charge in [0.15, 0.2) is 11.5 Å². The second-order valence-electron chi connectivity index (χ2n) is 6.01. The van der Waals surface area contributed by atoms with E-state index in [0.717, 1.165) is 6.42 Å². The monoisotopic (exact) mass is 342 g/mol. The van der Waals surface area contributed by atoms with Crippen LogP contribution in [0.25, 0.3) is 0 Å². The van der Waals surface area contributed by atoms with E-state index in [2.05, 4.69) is 10.3 Å². The average Bonchev–Trinajstić information content (AvgIpc) is 3.08. The highest BCUT2D eigenvalue weighted by Crippen LogP contribution is 2.28. The second-order valence-corrected chi connectivity index (χ2v) is 6.01. The summed E-state index contributed by atoms with van der Waals surface area (Å²) < 4.78 is 16.1. The molecule has 3 rings (SSSR count). The molecule has 1 fully saturated rings. The Hall–Kier alpha value is -2.60. The molecule has 132 valence electrons. The zero-order valence-corrected chi connectivity index (χ0v) is 14.4. The predicted octanol–water partition coefficient (Wildman–Crippen LogP) is 2.09. The summed E-state index contributed by atoms with van der Waals surface area (Å²) in [6, 6.07) is 9.10. The fourth-order valence-corrected chi connectivity index (χ4v) is 3.01. The fraction of sp³-hybridized carbons (Fsp3) is 0.368. The SMILES string of the molecule is COc1ccc(C(=O)N[C@@H]2COC[C@H]2Cc2ccncc2)cc1OC.